The van der Waals surface area contributed by atoms with Crippen molar-refractivity contribution < 1.29 is 8.91 Å². The van der Waals surface area contributed by atoms with Crippen molar-refractivity contribution in [2.45, 2.75) is 45.7 Å². The predicted molar refractivity (Wildman–Crippen MR) is 124 cm³/mol. The van der Waals surface area contributed by atoms with Gasteiger partial charge in [0, 0.05) is 44.8 Å². The Bertz CT molecular complexity index is 765. The van der Waals surface area contributed by atoms with Crippen molar-refractivity contribution in [2.24, 2.45) is 4.99 Å². The molecule has 2 N–H and O–H groups in total. The van der Waals surface area contributed by atoms with Crippen LogP contribution in [-0.4, -0.2) is 48.7 Å². The molecule has 160 valence electrons. The molecule has 1 aliphatic rings. The van der Waals surface area contributed by atoms with E-state index in [1.54, 1.807) is 7.05 Å². The molecule has 0 amide bonds. The van der Waals surface area contributed by atoms with Crippen LogP contribution in [0.15, 0.2) is 33.8 Å². The summed E-state index contributed by atoms with van der Waals surface area (Å²) in [6.07, 6.45) is 2.98. The van der Waals surface area contributed by atoms with Gasteiger partial charge in [0.15, 0.2) is 5.96 Å². The van der Waals surface area contributed by atoms with Gasteiger partial charge in [0.2, 0.25) is 0 Å². The first-order valence-electron chi connectivity index (χ1n) is 9.91. The molecule has 2 heterocycles. The fourth-order valence-electron chi connectivity index (χ4n) is 3.64. The molecule has 0 atom stereocenters. The summed E-state index contributed by atoms with van der Waals surface area (Å²) in [6.45, 7) is 7.61. The minimum Gasteiger partial charge on any atom is -0.361 e. The molecule has 0 radical (unpaired) electrons. The summed E-state index contributed by atoms with van der Waals surface area (Å²) in [7, 11) is 1.80. The number of aryl methyl sites for hydroxylation is 2. The molecule has 1 fully saturated rings. The number of hydrogen-bond donors (Lipinski definition) is 2. The first-order chi connectivity index (χ1) is 13.5. The Labute approximate surface area is 189 Å². The number of hydrogen-bond acceptors (Lipinski definition) is 4. The standard InChI is InChI=1S/C21H30FN5O.HI/c1-15-20(16(2)28-26-15)8-11-24-21(23-3)25-19-9-12-27(13-10-19)14-17-4-6-18(22)7-5-17;/h4-7,19H,8-14H2,1-3H3,(H2,23,24,25);1H. The van der Waals surface area contributed by atoms with Gasteiger partial charge in [0.05, 0.1) is 5.69 Å². The van der Waals surface area contributed by atoms with Gasteiger partial charge in [-0.05, 0) is 50.8 Å². The number of nitrogens with zero attached hydrogens (tertiary/aromatic N) is 3. The van der Waals surface area contributed by atoms with E-state index in [2.05, 4.69) is 25.7 Å². The quantitative estimate of drug-likeness (QED) is 0.351. The lowest BCUT2D eigenvalue weighted by Gasteiger charge is -2.33. The summed E-state index contributed by atoms with van der Waals surface area (Å²) in [6, 6.07) is 7.20. The Hall–Kier alpha value is -1.68. The third-order valence-electron chi connectivity index (χ3n) is 5.32. The van der Waals surface area contributed by atoms with Gasteiger partial charge >= 0.3 is 0 Å². The number of piperidine rings is 1. The van der Waals surface area contributed by atoms with Crippen LogP contribution in [0.2, 0.25) is 0 Å². The van der Waals surface area contributed by atoms with Gasteiger partial charge in [-0.25, -0.2) is 4.39 Å². The molecular formula is C21H31FIN5O. The Morgan fingerprint density at radius 3 is 2.52 bits per heavy atom. The van der Waals surface area contributed by atoms with Crippen LogP contribution in [0, 0.1) is 19.7 Å². The monoisotopic (exact) mass is 515 g/mol. The van der Waals surface area contributed by atoms with Crippen molar-refractivity contribution in [3.8, 4) is 0 Å². The second-order valence-corrected chi connectivity index (χ2v) is 7.37. The third kappa shape index (κ3) is 6.95. The van der Waals surface area contributed by atoms with Gasteiger partial charge in [0.25, 0.3) is 0 Å². The van der Waals surface area contributed by atoms with Crippen molar-refractivity contribution in [1.29, 1.82) is 0 Å². The zero-order chi connectivity index (χ0) is 19.9. The van der Waals surface area contributed by atoms with E-state index in [-0.39, 0.29) is 29.8 Å². The average Bonchev–Trinajstić information content (AvgIpc) is 3.02. The number of likely N-dealkylation sites (tertiary alicyclic amines) is 1. The van der Waals surface area contributed by atoms with Crippen LogP contribution in [0.4, 0.5) is 4.39 Å². The highest BCUT2D eigenvalue weighted by atomic mass is 127. The lowest BCUT2D eigenvalue weighted by molar-refractivity contribution is 0.198. The van der Waals surface area contributed by atoms with Crippen LogP contribution in [0.3, 0.4) is 0 Å². The smallest absolute Gasteiger partial charge is 0.191 e. The largest absolute Gasteiger partial charge is 0.361 e. The third-order valence-corrected chi connectivity index (χ3v) is 5.32. The fourth-order valence-corrected chi connectivity index (χ4v) is 3.64. The maximum absolute atomic E-state index is 13.0. The molecule has 1 aliphatic heterocycles. The van der Waals surface area contributed by atoms with Gasteiger partial charge in [0.1, 0.15) is 11.6 Å². The van der Waals surface area contributed by atoms with E-state index in [1.807, 2.05) is 26.0 Å². The minimum atomic E-state index is -0.181. The molecule has 6 nitrogen and oxygen atoms in total. The summed E-state index contributed by atoms with van der Waals surface area (Å²) >= 11 is 0. The second kappa shape index (κ2) is 11.5. The topological polar surface area (TPSA) is 65.7 Å². The van der Waals surface area contributed by atoms with E-state index in [0.29, 0.717) is 6.04 Å². The van der Waals surface area contributed by atoms with Crippen molar-refractivity contribution in [1.82, 2.24) is 20.7 Å². The lowest BCUT2D eigenvalue weighted by Crippen LogP contribution is -2.48. The van der Waals surface area contributed by atoms with Crippen molar-refractivity contribution in [3.05, 3.63) is 52.7 Å². The molecule has 0 unspecified atom stereocenters. The van der Waals surface area contributed by atoms with E-state index >= 15 is 0 Å². The molecular weight excluding hydrogens is 484 g/mol. The van der Waals surface area contributed by atoms with E-state index in [4.69, 9.17) is 4.52 Å². The molecule has 1 aromatic carbocycles. The SMILES string of the molecule is CN=C(NCCc1c(C)noc1C)NC1CCN(Cc2ccc(F)cc2)CC1.I. The zero-order valence-corrected chi connectivity index (χ0v) is 19.7. The summed E-state index contributed by atoms with van der Waals surface area (Å²) in [4.78, 5) is 6.76. The van der Waals surface area contributed by atoms with Gasteiger partial charge in [-0.3, -0.25) is 9.89 Å². The Kier molecular flexibility index (Phi) is 9.35. The Balaban J connectivity index is 0.00000300. The maximum Gasteiger partial charge on any atom is 0.191 e. The number of benzene rings is 1. The second-order valence-electron chi connectivity index (χ2n) is 7.37. The summed E-state index contributed by atoms with van der Waals surface area (Å²) in [5.74, 6) is 1.54. The maximum atomic E-state index is 13.0. The molecule has 1 aromatic heterocycles. The summed E-state index contributed by atoms with van der Waals surface area (Å²) in [5.41, 5.74) is 3.28. The van der Waals surface area contributed by atoms with Crippen LogP contribution in [0.5, 0.6) is 0 Å². The molecule has 0 aliphatic carbocycles. The molecule has 0 bridgehead atoms. The van der Waals surface area contributed by atoms with E-state index in [0.717, 1.165) is 74.0 Å². The van der Waals surface area contributed by atoms with Crippen LogP contribution >= 0.6 is 24.0 Å². The Morgan fingerprint density at radius 1 is 1.24 bits per heavy atom. The van der Waals surface area contributed by atoms with Gasteiger partial charge in [-0.15, -0.1) is 24.0 Å². The van der Waals surface area contributed by atoms with Crippen molar-refractivity contribution >= 4 is 29.9 Å². The van der Waals surface area contributed by atoms with E-state index in [1.165, 1.54) is 12.1 Å². The van der Waals surface area contributed by atoms with Gasteiger partial charge in [-0.2, -0.15) is 0 Å². The van der Waals surface area contributed by atoms with Crippen molar-refractivity contribution in [2.75, 3.05) is 26.7 Å². The number of guanidine groups is 1. The number of rotatable bonds is 6. The molecule has 2 aromatic rings. The molecule has 8 heteroatoms. The average molecular weight is 515 g/mol. The molecule has 1 saturated heterocycles. The van der Waals surface area contributed by atoms with Crippen molar-refractivity contribution in [3.63, 3.8) is 0 Å². The van der Waals surface area contributed by atoms with Crippen LogP contribution < -0.4 is 10.6 Å². The van der Waals surface area contributed by atoms with E-state index < -0.39 is 0 Å². The Morgan fingerprint density at radius 2 is 1.93 bits per heavy atom. The highest BCUT2D eigenvalue weighted by Gasteiger charge is 2.20. The fraction of sp³-hybridized carbons (Fsp3) is 0.524. The predicted octanol–water partition coefficient (Wildman–Crippen LogP) is 3.42. The normalized spacial score (nSPS) is 15.8. The molecule has 29 heavy (non-hydrogen) atoms. The number of aromatic nitrogens is 1. The van der Waals surface area contributed by atoms with E-state index in [9.17, 15) is 4.39 Å². The molecule has 0 spiro atoms. The first-order valence-corrected chi connectivity index (χ1v) is 9.91. The van der Waals surface area contributed by atoms with Gasteiger partial charge < -0.3 is 15.2 Å². The molecule has 0 saturated carbocycles. The minimum absolute atomic E-state index is 0. The zero-order valence-electron chi connectivity index (χ0n) is 17.4. The van der Waals surface area contributed by atoms with Crippen LogP contribution in [0.25, 0.3) is 0 Å². The summed E-state index contributed by atoms with van der Waals surface area (Å²) in [5, 5.41) is 10.9. The van der Waals surface area contributed by atoms with Crippen LogP contribution in [-0.2, 0) is 13.0 Å². The summed E-state index contributed by atoms with van der Waals surface area (Å²) < 4.78 is 18.2. The molecule has 3 rings (SSSR count). The highest BCUT2D eigenvalue weighted by molar-refractivity contribution is 14.0. The number of nitrogens with one attached hydrogen (secondary N) is 2. The van der Waals surface area contributed by atoms with Gasteiger partial charge in [-0.1, -0.05) is 17.3 Å². The van der Waals surface area contributed by atoms with Crippen LogP contribution in [0.1, 0.15) is 35.4 Å². The number of halogens is 2. The first kappa shape index (κ1) is 23.6. The highest BCUT2D eigenvalue weighted by Crippen LogP contribution is 2.15. The number of aliphatic imine (C=N–C) groups is 1. The lowest BCUT2D eigenvalue weighted by atomic mass is 10.0.